The van der Waals surface area contributed by atoms with Crippen molar-refractivity contribution >= 4 is 22.1 Å². The van der Waals surface area contributed by atoms with Crippen LogP contribution in [-0.2, 0) is 29.2 Å². The van der Waals surface area contributed by atoms with Gasteiger partial charge in [-0.15, -0.1) is 0 Å². The van der Waals surface area contributed by atoms with Crippen molar-refractivity contribution in [2.45, 2.75) is 49.2 Å². The fourth-order valence-electron chi connectivity index (χ4n) is 5.15. The molecule has 0 spiro atoms. The Morgan fingerprint density at radius 3 is 1.79 bits per heavy atom. The Balaban J connectivity index is 1.59. The molecule has 3 aliphatic rings. The number of hydrogen-bond acceptors (Lipinski definition) is 7. The van der Waals surface area contributed by atoms with Gasteiger partial charge in [0, 0.05) is 11.8 Å². The van der Waals surface area contributed by atoms with Crippen molar-refractivity contribution in [1.29, 1.82) is 0 Å². The number of rotatable bonds is 6. The zero-order chi connectivity index (χ0) is 28.3. The van der Waals surface area contributed by atoms with Gasteiger partial charge in [-0.05, 0) is 35.6 Å². The van der Waals surface area contributed by atoms with Crippen LogP contribution in [0.1, 0.15) is 47.4 Å². The average molecular weight is 565 g/mol. The van der Waals surface area contributed by atoms with Crippen LogP contribution in [0.5, 0.6) is 0 Å². The van der Waals surface area contributed by atoms with E-state index in [9.17, 15) is 48.9 Å². The van der Waals surface area contributed by atoms with Gasteiger partial charge in [0.15, 0.2) is 6.10 Å². The lowest BCUT2D eigenvalue weighted by Crippen LogP contribution is -2.64. The van der Waals surface area contributed by atoms with Crippen molar-refractivity contribution in [2.24, 2.45) is 5.92 Å². The normalized spacial score (nSPS) is 21.7. The molecule has 0 N–H and O–H groups in total. The van der Waals surface area contributed by atoms with E-state index in [4.69, 9.17) is 4.74 Å². The number of carbonyl (C=O) groups excluding carboxylic acids is 2. The number of hydrogen-bond donors (Lipinski definition) is 0. The number of halogens is 6. The molecule has 7 nitrogen and oxygen atoms in total. The highest BCUT2D eigenvalue weighted by Gasteiger charge is 2.75. The topological polar surface area (TPSA) is 110 Å². The van der Waals surface area contributed by atoms with Gasteiger partial charge in [-0.25, -0.2) is 13.2 Å². The van der Waals surface area contributed by atoms with E-state index in [1.807, 2.05) is 24.3 Å². The summed E-state index contributed by atoms with van der Waals surface area (Å²) in [5, 5.41) is 0. The second-order valence-electron chi connectivity index (χ2n) is 9.16. The van der Waals surface area contributed by atoms with Crippen LogP contribution in [0.2, 0.25) is 0 Å². The minimum atomic E-state index is -6.53. The van der Waals surface area contributed by atoms with Crippen molar-refractivity contribution in [3.8, 4) is 0 Å². The Bertz CT molecular complexity index is 1310. The van der Waals surface area contributed by atoms with Gasteiger partial charge in [-0.1, -0.05) is 48.5 Å². The molecule has 0 radical (unpaired) electrons. The highest BCUT2D eigenvalue weighted by atomic mass is 32.2. The second-order valence-corrected chi connectivity index (χ2v) is 10.6. The quantitative estimate of drug-likeness (QED) is 0.294. The maximum atomic E-state index is 13.5. The Morgan fingerprint density at radius 2 is 1.37 bits per heavy atom. The van der Waals surface area contributed by atoms with Gasteiger partial charge in [0.2, 0.25) is 0 Å². The summed E-state index contributed by atoms with van der Waals surface area (Å²) in [4.78, 5) is 25.4. The van der Waals surface area contributed by atoms with Crippen molar-refractivity contribution in [2.75, 3.05) is 5.75 Å². The number of esters is 2. The van der Waals surface area contributed by atoms with E-state index in [0.717, 1.165) is 22.3 Å². The lowest BCUT2D eigenvalue weighted by molar-refractivity contribution is -0.362. The number of alkyl halides is 6. The lowest BCUT2D eigenvalue weighted by atomic mass is 9.59. The molecule has 2 atom stereocenters. The predicted molar refractivity (Wildman–Crippen MR) is 116 cm³/mol. The summed E-state index contributed by atoms with van der Waals surface area (Å²) in [7, 11) is -6.20. The smallest absolute Gasteiger partial charge is 0.438 e. The summed E-state index contributed by atoms with van der Waals surface area (Å²) >= 11 is 0. The summed E-state index contributed by atoms with van der Waals surface area (Å²) in [5.74, 6) is -8.22. The summed E-state index contributed by atoms with van der Waals surface area (Å²) in [6, 6.07) is 14.5. The molecule has 0 aromatic heterocycles. The number of benzene rings is 2. The molecule has 0 saturated heterocycles. The molecule has 3 aliphatic carbocycles. The van der Waals surface area contributed by atoms with Crippen LogP contribution < -0.4 is 0 Å². The Kier molecular flexibility index (Phi) is 6.80. The molecular formula is C24H19F6O7S-. The first-order valence-corrected chi connectivity index (χ1v) is 12.7. The Morgan fingerprint density at radius 1 is 0.921 bits per heavy atom. The van der Waals surface area contributed by atoms with E-state index in [1.54, 1.807) is 24.3 Å². The van der Waals surface area contributed by atoms with Crippen LogP contribution in [0.4, 0.5) is 26.3 Å². The standard InChI is InChI=1S/C24H20F6O7S/c1-12(20(31)37-22(23(25,26)27,24(28,29)30)11-38(33,34)35)36-21(32)18-10-17-13-6-2-4-8-15(13)19(18)16-9-5-3-7-14(16)17/h2-9,12,17-19H,10-11H2,1H3,(H,33,34,35)/p-1. The molecular weight excluding hydrogens is 546 g/mol. The first kappa shape index (κ1) is 27.9. The summed E-state index contributed by atoms with van der Waals surface area (Å²) in [6.45, 7) is 0.687. The van der Waals surface area contributed by atoms with E-state index < -0.39 is 63.7 Å². The molecule has 14 heteroatoms. The highest BCUT2D eigenvalue weighted by Crippen LogP contribution is 2.55. The molecule has 5 rings (SSSR count). The minimum absolute atomic E-state index is 0.211. The van der Waals surface area contributed by atoms with Gasteiger partial charge in [0.1, 0.15) is 0 Å². The maximum absolute atomic E-state index is 13.5. The maximum Gasteiger partial charge on any atom is 0.438 e. The van der Waals surface area contributed by atoms with Crippen LogP contribution in [0.25, 0.3) is 0 Å². The second kappa shape index (κ2) is 9.26. The van der Waals surface area contributed by atoms with Crippen molar-refractivity contribution in [3.05, 3.63) is 70.8 Å². The van der Waals surface area contributed by atoms with Gasteiger partial charge in [-0.2, -0.15) is 26.3 Å². The van der Waals surface area contributed by atoms with Crippen molar-refractivity contribution in [3.63, 3.8) is 0 Å². The minimum Gasteiger partial charge on any atom is -0.748 e. The summed E-state index contributed by atoms with van der Waals surface area (Å²) in [5.41, 5.74) is -2.12. The molecule has 0 amide bonds. The molecule has 2 aromatic rings. The van der Waals surface area contributed by atoms with Crippen LogP contribution in [0.3, 0.4) is 0 Å². The average Bonchev–Trinajstić information content (AvgIpc) is 2.81. The van der Waals surface area contributed by atoms with Crippen LogP contribution in [-0.4, -0.2) is 54.7 Å². The Labute approximate surface area is 212 Å². The first-order chi connectivity index (χ1) is 17.5. The van der Waals surface area contributed by atoms with Gasteiger partial charge >= 0.3 is 29.9 Å². The van der Waals surface area contributed by atoms with Gasteiger partial charge in [0.05, 0.1) is 21.8 Å². The van der Waals surface area contributed by atoms with Gasteiger partial charge < -0.3 is 14.0 Å². The fraction of sp³-hybridized carbons (Fsp3) is 0.417. The Hall–Kier alpha value is -3.13. The van der Waals surface area contributed by atoms with E-state index >= 15 is 0 Å². The summed E-state index contributed by atoms with van der Waals surface area (Å²) < 4.78 is 122. The third-order valence-corrected chi connectivity index (χ3v) is 7.56. The van der Waals surface area contributed by atoms with E-state index in [0.29, 0.717) is 6.92 Å². The zero-order valence-electron chi connectivity index (χ0n) is 19.4. The fourth-order valence-corrected chi connectivity index (χ4v) is 6.03. The highest BCUT2D eigenvalue weighted by molar-refractivity contribution is 7.85. The van der Waals surface area contributed by atoms with Gasteiger partial charge in [0.25, 0.3) is 0 Å². The SMILES string of the molecule is CC(OC(=O)C1CC2c3ccccc3C1c1ccccc12)C(=O)OC(CS(=O)(=O)[O-])(C(F)(F)F)C(F)(F)F. The largest absolute Gasteiger partial charge is 0.748 e. The van der Waals surface area contributed by atoms with Crippen molar-refractivity contribution in [1.82, 2.24) is 0 Å². The molecule has 0 fully saturated rings. The third-order valence-electron chi connectivity index (χ3n) is 6.80. The van der Waals surface area contributed by atoms with E-state index in [1.165, 1.54) is 0 Å². The molecule has 2 unspecified atom stereocenters. The summed E-state index contributed by atoms with van der Waals surface area (Å²) in [6.07, 6.45) is -15.1. The predicted octanol–water partition coefficient (Wildman–Crippen LogP) is 4.17. The van der Waals surface area contributed by atoms with Gasteiger partial charge in [-0.3, -0.25) is 4.79 Å². The molecule has 206 valence electrons. The van der Waals surface area contributed by atoms with Crippen LogP contribution in [0.15, 0.2) is 48.5 Å². The first-order valence-electron chi connectivity index (χ1n) is 11.1. The third kappa shape index (κ3) is 4.75. The number of fused-ring (bicyclic) bond motifs is 1. The molecule has 0 saturated carbocycles. The van der Waals surface area contributed by atoms with E-state index in [-0.39, 0.29) is 12.3 Å². The van der Waals surface area contributed by atoms with Crippen molar-refractivity contribution < 1.29 is 58.4 Å². The van der Waals surface area contributed by atoms with Crippen LogP contribution >= 0.6 is 0 Å². The molecule has 2 bridgehead atoms. The number of carbonyl (C=O) groups is 2. The van der Waals surface area contributed by atoms with E-state index in [2.05, 4.69) is 4.74 Å². The monoisotopic (exact) mass is 565 g/mol. The zero-order valence-corrected chi connectivity index (χ0v) is 20.2. The molecule has 0 heterocycles. The van der Waals surface area contributed by atoms with Crippen LogP contribution in [0, 0.1) is 5.92 Å². The molecule has 2 aromatic carbocycles. The number of ether oxygens (including phenoxy) is 2. The molecule has 38 heavy (non-hydrogen) atoms. The molecule has 0 aliphatic heterocycles. The lowest BCUT2D eigenvalue weighted by Gasteiger charge is -2.44.